The van der Waals surface area contributed by atoms with Gasteiger partial charge in [0.2, 0.25) is 0 Å². The third kappa shape index (κ3) is 2.83. The Morgan fingerprint density at radius 1 is 0.964 bits per heavy atom. The zero-order valence-electron chi connectivity index (χ0n) is 16.2. The smallest absolute Gasteiger partial charge is 0.142 e. The first-order valence-corrected chi connectivity index (χ1v) is 10.5. The van der Waals surface area contributed by atoms with Crippen LogP contribution in [0.1, 0.15) is 38.3 Å². The number of H-pyrrole nitrogens is 2. The minimum atomic E-state index is 0.402. The zero-order valence-corrected chi connectivity index (χ0v) is 17.0. The van der Waals surface area contributed by atoms with Crippen LogP contribution in [-0.4, -0.2) is 19.9 Å². The van der Waals surface area contributed by atoms with Crippen molar-refractivity contribution in [3.8, 4) is 22.4 Å². The second kappa shape index (κ2) is 6.60. The number of thiophene rings is 1. The summed E-state index contributed by atoms with van der Waals surface area (Å²) >= 11 is 1.76. The Bertz CT molecular complexity index is 1270. The van der Waals surface area contributed by atoms with Gasteiger partial charge in [-0.1, -0.05) is 57.2 Å². The molecule has 0 atom stereocenters. The molecule has 28 heavy (non-hydrogen) atoms. The highest BCUT2D eigenvalue weighted by atomic mass is 32.1. The molecule has 4 nitrogen and oxygen atoms in total. The second-order valence-corrected chi connectivity index (χ2v) is 8.48. The summed E-state index contributed by atoms with van der Waals surface area (Å²) < 4.78 is 1.27. The summed E-state index contributed by atoms with van der Waals surface area (Å²) in [4.78, 5) is 17.1. The van der Waals surface area contributed by atoms with E-state index in [-0.39, 0.29) is 0 Å². The van der Waals surface area contributed by atoms with E-state index >= 15 is 0 Å². The van der Waals surface area contributed by atoms with Crippen LogP contribution in [0.15, 0.2) is 48.7 Å². The Morgan fingerprint density at radius 3 is 2.43 bits per heavy atom. The standard InChI is InChI=1S/C23H22N4S/c1-4-20-26-21-17-10-9-16(11-19(17)28-23(21)27-20)14-5-7-15(8-6-14)18-12-24-22(25-18)13(2)3/h5-13H,4H2,1-3H3,(H,24,25)(H,26,27). The van der Waals surface area contributed by atoms with E-state index in [1.54, 1.807) is 11.3 Å². The van der Waals surface area contributed by atoms with Crippen LogP contribution in [0.5, 0.6) is 0 Å². The SMILES string of the molecule is CCc1nc2sc3cc(-c4ccc(-c5cnc(C(C)C)[nH]5)cc4)ccc3c2[nH]1. The maximum absolute atomic E-state index is 4.68. The van der Waals surface area contributed by atoms with Gasteiger partial charge in [-0.15, -0.1) is 11.3 Å². The highest BCUT2D eigenvalue weighted by Gasteiger charge is 2.11. The maximum atomic E-state index is 4.68. The van der Waals surface area contributed by atoms with Crippen molar-refractivity contribution in [2.45, 2.75) is 33.1 Å². The normalized spacial score (nSPS) is 11.9. The van der Waals surface area contributed by atoms with Crippen molar-refractivity contribution in [2.75, 3.05) is 0 Å². The first-order chi connectivity index (χ1) is 13.6. The fourth-order valence-corrected chi connectivity index (χ4v) is 4.64. The molecule has 0 saturated heterocycles. The molecule has 0 saturated carbocycles. The second-order valence-electron chi connectivity index (χ2n) is 7.44. The monoisotopic (exact) mass is 386 g/mol. The van der Waals surface area contributed by atoms with Gasteiger partial charge in [0, 0.05) is 22.4 Å². The maximum Gasteiger partial charge on any atom is 0.142 e. The van der Waals surface area contributed by atoms with Crippen molar-refractivity contribution in [3.05, 3.63) is 60.3 Å². The molecule has 0 aliphatic rings. The van der Waals surface area contributed by atoms with Gasteiger partial charge >= 0.3 is 0 Å². The Hall–Kier alpha value is -2.92. The van der Waals surface area contributed by atoms with Crippen LogP contribution < -0.4 is 0 Å². The number of benzene rings is 2. The first-order valence-electron chi connectivity index (χ1n) is 9.69. The van der Waals surface area contributed by atoms with Gasteiger partial charge in [-0.2, -0.15) is 0 Å². The van der Waals surface area contributed by atoms with Crippen molar-refractivity contribution in [2.24, 2.45) is 0 Å². The lowest BCUT2D eigenvalue weighted by Gasteiger charge is -2.04. The molecule has 5 heteroatoms. The molecule has 2 N–H and O–H groups in total. The molecule has 0 unspecified atom stereocenters. The molecule has 0 bridgehead atoms. The first kappa shape index (κ1) is 17.2. The number of aromatic nitrogens is 4. The van der Waals surface area contributed by atoms with Crippen LogP contribution in [0.25, 0.3) is 42.8 Å². The number of rotatable bonds is 4. The van der Waals surface area contributed by atoms with E-state index in [0.29, 0.717) is 5.92 Å². The summed E-state index contributed by atoms with van der Waals surface area (Å²) in [5, 5.41) is 1.26. The molecular weight excluding hydrogens is 364 g/mol. The predicted octanol–water partition coefficient (Wildman–Crippen LogP) is 6.52. The third-order valence-corrected chi connectivity index (χ3v) is 6.23. The Labute approximate surface area is 167 Å². The van der Waals surface area contributed by atoms with Crippen LogP contribution in [0, 0.1) is 0 Å². The van der Waals surface area contributed by atoms with Gasteiger partial charge in [-0.05, 0) is 22.8 Å². The molecule has 0 fully saturated rings. The summed E-state index contributed by atoms with van der Waals surface area (Å²) in [6, 6.07) is 15.3. The van der Waals surface area contributed by atoms with E-state index in [1.165, 1.54) is 26.7 Å². The summed E-state index contributed by atoms with van der Waals surface area (Å²) in [5.74, 6) is 2.49. The zero-order chi connectivity index (χ0) is 19.3. The van der Waals surface area contributed by atoms with Gasteiger partial charge in [0.15, 0.2) is 0 Å². The number of aromatic amines is 2. The number of hydrogen-bond acceptors (Lipinski definition) is 3. The molecule has 3 heterocycles. The molecule has 5 aromatic rings. The number of nitrogens with one attached hydrogen (secondary N) is 2. The van der Waals surface area contributed by atoms with Gasteiger partial charge in [0.1, 0.15) is 16.5 Å². The Kier molecular flexibility index (Phi) is 4.05. The number of imidazole rings is 2. The highest BCUT2D eigenvalue weighted by Crippen LogP contribution is 2.35. The molecule has 2 aromatic carbocycles. The molecule has 0 radical (unpaired) electrons. The lowest BCUT2D eigenvalue weighted by molar-refractivity contribution is 0.795. The van der Waals surface area contributed by atoms with Crippen LogP contribution >= 0.6 is 11.3 Å². The van der Waals surface area contributed by atoms with Crippen LogP contribution in [-0.2, 0) is 6.42 Å². The van der Waals surface area contributed by atoms with E-state index in [2.05, 4.69) is 83.2 Å². The lowest BCUT2D eigenvalue weighted by atomic mass is 10.0. The highest BCUT2D eigenvalue weighted by molar-refractivity contribution is 7.25. The van der Waals surface area contributed by atoms with E-state index < -0.39 is 0 Å². The van der Waals surface area contributed by atoms with E-state index in [9.17, 15) is 0 Å². The number of hydrogen-bond donors (Lipinski definition) is 2. The van der Waals surface area contributed by atoms with Crippen LogP contribution in [0.3, 0.4) is 0 Å². The van der Waals surface area contributed by atoms with Gasteiger partial charge in [-0.3, -0.25) is 0 Å². The largest absolute Gasteiger partial charge is 0.342 e. The molecule has 0 amide bonds. The fraction of sp³-hybridized carbons (Fsp3) is 0.217. The quantitative estimate of drug-likeness (QED) is 0.369. The predicted molar refractivity (Wildman–Crippen MR) is 118 cm³/mol. The summed E-state index contributed by atoms with van der Waals surface area (Å²) in [5.41, 5.74) is 5.83. The van der Waals surface area contributed by atoms with Crippen LogP contribution in [0.4, 0.5) is 0 Å². The summed E-state index contributed by atoms with van der Waals surface area (Å²) in [7, 11) is 0. The van der Waals surface area contributed by atoms with Crippen LogP contribution in [0.2, 0.25) is 0 Å². The fourth-order valence-electron chi connectivity index (χ4n) is 3.54. The van der Waals surface area contributed by atoms with Gasteiger partial charge in [0.05, 0.1) is 17.4 Å². The molecule has 0 aliphatic heterocycles. The van der Waals surface area contributed by atoms with Gasteiger partial charge < -0.3 is 9.97 Å². The Balaban J connectivity index is 1.48. The average molecular weight is 387 g/mol. The molecule has 3 aromatic heterocycles. The van der Waals surface area contributed by atoms with E-state index in [0.717, 1.165) is 34.2 Å². The van der Waals surface area contributed by atoms with E-state index in [1.807, 2.05) is 6.20 Å². The van der Waals surface area contributed by atoms with Crippen molar-refractivity contribution in [3.63, 3.8) is 0 Å². The average Bonchev–Trinajstić information content (AvgIpc) is 3.42. The van der Waals surface area contributed by atoms with Crippen molar-refractivity contribution >= 4 is 31.8 Å². The van der Waals surface area contributed by atoms with Gasteiger partial charge in [0.25, 0.3) is 0 Å². The van der Waals surface area contributed by atoms with Crippen molar-refractivity contribution in [1.29, 1.82) is 0 Å². The van der Waals surface area contributed by atoms with Gasteiger partial charge in [-0.25, -0.2) is 9.97 Å². The van der Waals surface area contributed by atoms with E-state index in [4.69, 9.17) is 0 Å². The number of fused-ring (bicyclic) bond motifs is 3. The topological polar surface area (TPSA) is 57.4 Å². The number of aryl methyl sites for hydroxylation is 1. The molecular formula is C23H22N4S. The molecule has 0 aliphatic carbocycles. The molecule has 5 rings (SSSR count). The summed E-state index contributed by atoms with van der Waals surface area (Å²) in [6.45, 7) is 6.41. The minimum Gasteiger partial charge on any atom is -0.342 e. The Morgan fingerprint density at radius 2 is 1.71 bits per heavy atom. The molecule has 140 valence electrons. The van der Waals surface area contributed by atoms with Crippen molar-refractivity contribution < 1.29 is 0 Å². The minimum absolute atomic E-state index is 0.402. The summed E-state index contributed by atoms with van der Waals surface area (Å²) in [6.07, 6.45) is 2.85. The molecule has 0 spiro atoms. The lowest BCUT2D eigenvalue weighted by Crippen LogP contribution is -1.89. The van der Waals surface area contributed by atoms with Crippen molar-refractivity contribution in [1.82, 2.24) is 19.9 Å². The third-order valence-electron chi connectivity index (χ3n) is 5.18. The number of nitrogens with zero attached hydrogens (tertiary/aromatic N) is 2.